The second-order valence-corrected chi connectivity index (χ2v) is 9.30. The van der Waals surface area contributed by atoms with Gasteiger partial charge >= 0.3 is 0 Å². The fraction of sp³-hybridized carbons (Fsp3) is 0.481. The van der Waals surface area contributed by atoms with Crippen LogP contribution in [-0.4, -0.2) is 48.3 Å². The molecule has 4 rings (SSSR count). The first-order valence-corrected chi connectivity index (χ1v) is 11.8. The molecule has 0 aromatic heterocycles. The van der Waals surface area contributed by atoms with Gasteiger partial charge < -0.3 is 10.2 Å². The summed E-state index contributed by atoms with van der Waals surface area (Å²) in [5, 5.41) is 3.65. The van der Waals surface area contributed by atoms with Crippen molar-refractivity contribution in [2.75, 3.05) is 19.6 Å². The second-order valence-electron chi connectivity index (χ2n) is 9.30. The molecule has 0 aliphatic carbocycles. The van der Waals surface area contributed by atoms with Gasteiger partial charge in [-0.25, -0.2) is 0 Å². The summed E-state index contributed by atoms with van der Waals surface area (Å²) < 4.78 is 0. The molecule has 2 aliphatic rings. The number of nitrogens with zero attached hydrogens (tertiary/aromatic N) is 3. The van der Waals surface area contributed by atoms with E-state index in [9.17, 15) is 0 Å². The highest BCUT2D eigenvalue weighted by Crippen LogP contribution is 2.16. The van der Waals surface area contributed by atoms with Crippen molar-refractivity contribution < 1.29 is 0 Å². The Morgan fingerprint density at radius 1 is 0.968 bits per heavy atom. The van der Waals surface area contributed by atoms with E-state index in [0.717, 1.165) is 38.3 Å². The standard InChI is InChI=1S/C27H36N4/c1-20-8-6-10-23(14-20)16-26-28-18-25(30-26)12-4-5-13-31-19-22(3)29-27(31)17-24-11-7-9-21(2)15-24/h6-11,14-15,22,25H,4-5,12-13,16-19H2,1-3H3,(H,28,30)/t22-,25-/m0/s1. The average molecular weight is 417 g/mol. The highest BCUT2D eigenvalue weighted by Gasteiger charge is 2.22. The summed E-state index contributed by atoms with van der Waals surface area (Å²) in [6.45, 7) is 9.63. The first-order chi connectivity index (χ1) is 15.0. The fourth-order valence-electron chi connectivity index (χ4n) is 4.71. The van der Waals surface area contributed by atoms with Crippen LogP contribution in [0.4, 0.5) is 0 Å². The number of aryl methyl sites for hydroxylation is 2. The summed E-state index contributed by atoms with van der Waals surface area (Å²) in [5.41, 5.74) is 5.35. The van der Waals surface area contributed by atoms with Crippen molar-refractivity contribution in [3.63, 3.8) is 0 Å². The normalized spacial score (nSPS) is 20.5. The maximum absolute atomic E-state index is 4.92. The van der Waals surface area contributed by atoms with Crippen molar-refractivity contribution in [3.8, 4) is 0 Å². The Kier molecular flexibility index (Phi) is 7.06. The molecule has 0 saturated heterocycles. The van der Waals surface area contributed by atoms with Crippen LogP contribution >= 0.6 is 0 Å². The van der Waals surface area contributed by atoms with Crippen LogP contribution < -0.4 is 5.32 Å². The van der Waals surface area contributed by atoms with E-state index in [2.05, 4.69) is 79.5 Å². The van der Waals surface area contributed by atoms with E-state index in [1.807, 2.05) is 0 Å². The van der Waals surface area contributed by atoms with Crippen LogP contribution in [0.2, 0.25) is 0 Å². The molecular formula is C27H36N4. The van der Waals surface area contributed by atoms with Crippen molar-refractivity contribution in [2.45, 2.75) is 65.0 Å². The number of benzene rings is 2. The van der Waals surface area contributed by atoms with Gasteiger partial charge in [-0.2, -0.15) is 0 Å². The minimum absolute atomic E-state index is 0.411. The number of amidine groups is 2. The molecule has 1 N–H and O–H groups in total. The van der Waals surface area contributed by atoms with Gasteiger partial charge in [0.15, 0.2) is 0 Å². The first-order valence-electron chi connectivity index (χ1n) is 11.8. The lowest BCUT2D eigenvalue weighted by Gasteiger charge is -2.21. The van der Waals surface area contributed by atoms with Crippen molar-refractivity contribution in [2.24, 2.45) is 9.98 Å². The SMILES string of the molecule is Cc1cccc(CC2=NC[C@H](CCCCN3C[C@H](C)N=C3Cc3cccc(C)c3)N2)c1. The van der Waals surface area contributed by atoms with Crippen LogP contribution in [-0.2, 0) is 12.8 Å². The molecule has 0 unspecified atom stereocenters. The number of nitrogens with one attached hydrogen (secondary N) is 1. The molecule has 0 fully saturated rings. The summed E-state index contributed by atoms with van der Waals surface area (Å²) in [7, 11) is 0. The van der Waals surface area contributed by atoms with Crippen LogP contribution in [0.15, 0.2) is 58.5 Å². The van der Waals surface area contributed by atoms with E-state index in [-0.39, 0.29) is 0 Å². The van der Waals surface area contributed by atoms with Crippen molar-refractivity contribution in [1.82, 2.24) is 10.2 Å². The molecular weight excluding hydrogens is 380 g/mol. The average Bonchev–Trinajstić information content (AvgIpc) is 3.31. The molecule has 31 heavy (non-hydrogen) atoms. The van der Waals surface area contributed by atoms with Gasteiger partial charge in [0.1, 0.15) is 11.7 Å². The van der Waals surface area contributed by atoms with Gasteiger partial charge in [-0.3, -0.25) is 9.98 Å². The molecule has 2 aromatic carbocycles. The minimum Gasteiger partial charge on any atom is -0.369 e. The molecule has 164 valence electrons. The van der Waals surface area contributed by atoms with Gasteiger partial charge in [0.25, 0.3) is 0 Å². The van der Waals surface area contributed by atoms with Gasteiger partial charge in [-0.1, -0.05) is 59.7 Å². The molecule has 0 saturated carbocycles. The van der Waals surface area contributed by atoms with Crippen LogP contribution in [0.25, 0.3) is 0 Å². The number of rotatable bonds is 9. The predicted molar refractivity (Wildman–Crippen MR) is 131 cm³/mol. The summed E-state index contributed by atoms with van der Waals surface area (Å²) in [5.74, 6) is 2.41. The van der Waals surface area contributed by atoms with Gasteiger partial charge in [0.2, 0.25) is 0 Å². The zero-order chi connectivity index (χ0) is 21.6. The Labute approximate surface area is 187 Å². The number of unbranched alkanes of at least 4 members (excludes halogenated alkanes) is 1. The Bertz CT molecular complexity index is 946. The first kappa shape index (κ1) is 21.6. The lowest BCUT2D eigenvalue weighted by Crippen LogP contribution is -2.33. The fourth-order valence-corrected chi connectivity index (χ4v) is 4.71. The summed E-state index contributed by atoms with van der Waals surface area (Å²) in [6, 6.07) is 18.4. The van der Waals surface area contributed by atoms with Crippen molar-refractivity contribution >= 4 is 11.7 Å². The third kappa shape index (κ3) is 6.19. The van der Waals surface area contributed by atoms with Crippen LogP contribution in [0.3, 0.4) is 0 Å². The Morgan fingerprint density at radius 3 is 2.39 bits per heavy atom. The van der Waals surface area contributed by atoms with E-state index in [4.69, 9.17) is 9.98 Å². The minimum atomic E-state index is 0.411. The van der Waals surface area contributed by atoms with E-state index >= 15 is 0 Å². The highest BCUT2D eigenvalue weighted by atomic mass is 15.2. The molecule has 2 aromatic rings. The molecule has 2 atom stereocenters. The van der Waals surface area contributed by atoms with E-state index in [1.165, 1.54) is 47.4 Å². The molecule has 0 amide bonds. The second kappa shape index (κ2) is 10.1. The lowest BCUT2D eigenvalue weighted by molar-refractivity contribution is 0.403. The molecule has 4 heteroatoms. The number of hydrogen-bond donors (Lipinski definition) is 1. The molecule has 4 nitrogen and oxygen atoms in total. The topological polar surface area (TPSA) is 40.0 Å². The van der Waals surface area contributed by atoms with Gasteiger partial charge in [-0.15, -0.1) is 0 Å². The van der Waals surface area contributed by atoms with Crippen LogP contribution in [0.1, 0.15) is 48.4 Å². The van der Waals surface area contributed by atoms with Gasteiger partial charge in [-0.05, 0) is 51.2 Å². The number of hydrogen-bond acceptors (Lipinski definition) is 4. The highest BCUT2D eigenvalue weighted by molar-refractivity contribution is 5.86. The van der Waals surface area contributed by atoms with E-state index in [0.29, 0.717) is 12.1 Å². The Balaban J connectivity index is 1.18. The zero-order valence-corrected chi connectivity index (χ0v) is 19.3. The Hall–Kier alpha value is -2.62. The largest absolute Gasteiger partial charge is 0.369 e. The zero-order valence-electron chi connectivity index (χ0n) is 19.3. The quantitative estimate of drug-likeness (QED) is 0.600. The third-order valence-corrected chi connectivity index (χ3v) is 6.22. The summed E-state index contributed by atoms with van der Waals surface area (Å²) in [4.78, 5) is 12.2. The Morgan fingerprint density at radius 2 is 1.68 bits per heavy atom. The summed E-state index contributed by atoms with van der Waals surface area (Å²) >= 11 is 0. The molecule has 2 aliphatic heterocycles. The molecule has 0 spiro atoms. The monoisotopic (exact) mass is 416 g/mol. The van der Waals surface area contributed by atoms with Gasteiger partial charge in [0.05, 0.1) is 12.6 Å². The lowest BCUT2D eigenvalue weighted by atomic mass is 10.1. The predicted octanol–water partition coefficient (Wildman–Crippen LogP) is 4.73. The molecule has 0 radical (unpaired) electrons. The van der Waals surface area contributed by atoms with E-state index in [1.54, 1.807) is 0 Å². The van der Waals surface area contributed by atoms with E-state index < -0.39 is 0 Å². The van der Waals surface area contributed by atoms with Crippen LogP contribution in [0.5, 0.6) is 0 Å². The number of aliphatic imine (C=N–C) groups is 2. The van der Waals surface area contributed by atoms with Crippen molar-refractivity contribution in [1.29, 1.82) is 0 Å². The third-order valence-electron chi connectivity index (χ3n) is 6.22. The maximum Gasteiger partial charge on any atom is 0.104 e. The van der Waals surface area contributed by atoms with Crippen molar-refractivity contribution in [3.05, 3.63) is 70.8 Å². The smallest absolute Gasteiger partial charge is 0.104 e. The molecule has 2 heterocycles. The van der Waals surface area contributed by atoms with Gasteiger partial charge in [0, 0.05) is 32.0 Å². The summed E-state index contributed by atoms with van der Waals surface area (Å²) in [6.07, 6.45) is 5.50. The maximum atomic E-state index is 4.92. The molecule has 0 bridgehead atoms. The van der Waals surface area contributed by atoms with Crippen LogP contribution in [0, 0.1) is 13.8 Å².